The first kappa shape index (κ1) is 13.2. The van der Waals surface area contributed by atoms with Gasteiger partial charge in [-0.05, 0) is 57.9 Å². The number of rotatable bonds is 1. The van der Waals surface area contributed by atoms with E-state index in [0.29, 0.717) is 12.3 Å². The zero-order chi connectivity index (χ0) is 12.1. The highest BCUT2D eigenvalue weighted by Crippen LogP contribution is 2.28. The minimum absolute atomic E-state index is 0.0927. The molecule has 1 aliphatic carbocycles. The Bertz CT molecular complexity index is 320. The highest BCUT2D eigenvalue weighted by molar-refractivity contribution is 5.12. The molecular formula is C15H23F. The third-order valence-corrected chi connectivity index (χ3v) is 3.52. The van der Waals surface area contributed by atoms with Gasteiger partial charge in [-0.2, -0.15) is 0 Å². The fraction of sp³-hybridized carbons (Fsp3) is 0.600. The molecule has 0 aromatic heterocycles. The Kier molecular flexibility index (Phi) is 4.98. The molecule has 0 saturated carbocycles. The van der Waals surface area contributed by atoms with Crippen molar-refractivity contribution < 1.29 is 4.39 Å². The van der Waals surface area contributed by atoms with Crippen LogP contribution in [-0.4, -0.2) is 0 Å². The Balaban J connectivity index is 2.80. The van der Waals surface area contributed by atoms with Gasteiger partial charge >= 0.3 is 0 Å². The lowest BCUT2D eigenvalue weighted by atomic mass is 9.89. The molecule has 1 atom stereocenters. The number of hydrogen-bond acceptors (Lipinski definition) is 0. The van der Waals surface area contributed by atoms with Crippen LogP contribution in [0.2, 0.25) is 0 Å². The van der Waals surface area contributed by atoms with Crippen molar-refractivity contribution in [3.8, 4) is 0 Å². The van der Waals surface area contributed by atoms with Crippen molar-refractivity contribution in [2.45, 2.75) is 52.9 Å². The van der Waals surface area contributed by atoms with E-state index in [2.05, 4.69) is 26.5 Å². The van der Waals surface area contributed by atoms with Crippen molar-refractivity contribution >= 4 is 0 Å². The van der Waals surface area contributed by atoms with Crippen LogP contribution in [0.15, 0.2) is 35.2 Å². The second-order valence-corrected chi connectivity index (χ2v) is 5.05. The SMILES string of the molecule is C=C(C)[C@H]1C/C=C(\C)CC/C(F)=C(\C)CC1. The molecule has 16 heavy (non-hydrogen) atoms. The third kappa shape index (κ3) is 3.96. The lowest BCUT2D eigenvalue weighted by Gasteiger charge is -2.17. The van der Waals surface area contributed by atoms with Crippen LogP contribution in [0.1, 0.15) is 52.9 Å². The van der Waals surface area contributed by atoms with Gasteiger partial charge in [0, 0.05) is 6.42 Å². The fourth-order valence-corrected chi connectivity index (χ4v) is 2.06. The van der Waals surface area contributed by atoms with Gasteiger partial charge < -0.3 is 0 Å². The molecule has 0 bridgehead atoms. The van der Waals surface area contributed by atoms with E-state index in [1.807, 2.05) is 6.92 Å². The van der Waals surface area contributed by atoms with Crippen LogP contribution in [0, 0.1) is 5.92 Å². The molecule has 0 saturated heterocycles. The Morgan fingerprint density at radius 2 is 2.00 bits per heavy atom. The van der Waals surface area contributed by atoms with Crippen molar-refractivity contribution in [3.63, 3.8) is 0 Å². The molecule has 0 aromatic rings. The first-order valence-electron chi connectivity index (χ1n) is 6.16. The minimum atomic E-state index is 0.0927. The number of hydrogen-bond donors (Lipinski definition) is 0. The molecule has 1 heteroatoms. The minimum Gasteiger partial charge on any atom is -0.212 e. The van der Waals surface area contributed by atoms with Gasteiger partial charge in [-0.3, -0.25) is 0 Å². The first-order valence-corrected chi connectivity index (χ1v) is 6.16. The largest absolute Gasteiger partial charge is 0.212 e. The summed E-state index contributed by atoms with van der Waals surface area (Å²) in [6, 6.07) is 0. The van der Waals surface area contributed by atoms with Gasteiger partial charge in [-0.1, -0.05) is 23.8 Å². The second kappa shape index (κ2) is 6.03. The summed E-state index contributed by atoms with van der Waals surface area (Å²) in [7, 11) is 0. The lowest BCUT2D eigenvalue weighted by Crippen LogP contribution is -2.02. The molecule has 0 radical (unpaired) electrons. The normalized spacial score (nSPS) is 31.8. The van der Waals surface area contributed by atoms with E-state index in [-0.39, 0.29) is 5.83 Å². The zero-order valence-electron chi connectivity index (χ0n) is 10.8. The summed E-state index contributed by atoms with van der Waals surface area (Å²) in [5.41, 5.74) is 3.45. The van der Waals surface area contributed by atoms with E-state index < -0.39 is 0 Å². The van der Waals surface area contributed by atoms with Crippen LogP contribution in [0.3, 0.4) is 0 Å². The first-order chi connectivity index (χ1) is 7.50. The molecule has 0 N–H and O–H groups in total. The highest BCUT2D eigenvalue weighted by Gasteiger charge is 2.12. The molecule has 1 rings (SSSR count). The molecule has 0 amide bonds. The predicted molar refractivity (Wildman–Crippen MR) is 69.0 cm³/mol. The summed E-state index contributed by atoms with van der Waals surface area (Å²) < 4.78 is 13.7. The van der Waals surface area contributed by atoms with Crippen molar-refractivity contribution in [2.75, 3.05) is 0 Å². The number of halogens is 1. The summed E-state index contributed by atoms with van der Waals surface area (Å²) in [5, 5.41) is 0. The maximum atomic E-state index is 13.7. The molecule has 0 spiro atoms. The Hall–Kier alpha value is -0.850. The summed E-state index contributed by atoms with van der Waals surface area (Å²) in [4.78, 5) is 0. The quantitative estimate of drug-likeness (QED) is 0.526. The average Bonchev–Trinajstić information content (AvgIpc) is 2.23. The zero-order valence-corrected chi connectivity index (χ0v) is 10.8. The maximum Gasteiger partial charge on any atom is 0.0991 e. The summed E-state index contributed by atoms with van der Waals surface area (Å²) in [6.07, 6.45) is 6.65. The topological polar surface area (TPSA) is 0 Å². The van der Waals surface area contributed by atoms with Crippen molar-refractivity contribution in [3.05, 3.63) is 35.2 Å². The molecule has 0 aliphatic heterocycles. The second-order valence-electron chi connectivity index (χ2n) is 5.05. The van der Waals surface area contributed by atoms with Gasteiger partial charge in [0.05, 0.1) is 5.83 Å². The van der Waals surface area contributed by atoms with Crippen LogP contribution in [0.5, 0.6) is 0 Å². The van der Waals surface area contributed by atoms with Crippen LogP contribution >= 0.6 is 0 Å². The summed E-state index contributed by atoms with van der Waals surface area (Å²) >= 11 is 0. The molecule has 0 nitrogen and oxygen atoms in total. The van der Waals surface area contributed by atoms with Crippen molar-refractivity contribution in [2.24, 2.45) is 5.92 Å². The monoisotopic (exact) mass is 222 g/mol. The standard InChI is InChI=1S/C15H23F/c1-11(2)14-8-5-12(3)6-10-15(16)13(4)7-9-14/h5,14H,1,6-10H2,2-4H3/b12-5+,15-13-/t14-/m0/s1. The Morgan fingerprint density at radius 1 is 1.31 bits per heavy atom. The van der Waals surface area contributed by atoms with Gasteiger partial charge in [0.15, 0.2) is 0 Å². The summed E-state index contributed by atoms with van der Waals surface area (Å²) in [5.74, 6) is 0.603. The van der Waals surface area contributed by atoms with E-state index >= 15 is 0 Å². The van der Waals surface area contributed by atoms with Crippen LogP contribution in [-0.2, 0) is 0 Å². The van der Waals surface area contributed by atoms with Crippen molar-refractivity contribution in [1.29, 1.82) is 0 Å². The van der Waals surface area contributed by atoms with Crippen LogP contribution in [0.4, 0.5) is 4.39 Å². The lowest BCUT2D eigenvalue weighted by molar-refractivity contribution is 0.525. The van der Waals surface area contributed by atoms with Crippen molar-refractivity contribution in [1.82, 2.24) is 0 Å². The average molecular weight is 222 g/mol. The third-order valence-electron chi connectivity index (χ3n) is 3.52. The fourth-order valence-electron chi connectivity index (χ4n) is 2.06. The highest BCUT2D eigenvalue weighted by atomic mass is 19.1. The van der Waals surface area contributed by atoms with Gasteiger partial charge in [0.2, 0.25) is 0 Å². The van der Waals surface area contributed by atoms with Gasteiger partial charge in [0.25, 0.3) is 0 Å². The van der Waals surface area contributed by atoms with Crippen LogP contribution in [0.25, 0.3) is 0 Å². The molecule has 0 aromatic carbocycles. The Labute approximate surface area is 98.9 Å². The molecule has 90 valence electrons. The van der Waals surface area contributed by atoms with E-state index in [9.17, 15) is 4.39 Å². The van der Waals surface area contributed by atoms with E-state index in [1.54, 1.807) is 0 Å². The van der Waals surface area contributed by atoms with E-state index in [4.69, 9.17) is 0 Å². The molecule has 0 unspecified atom stereocenters. The number of allylic oxidation sites excluding steroid dienone is 5. The molecular weight excluding hydrogens is 199 g/mol. The molecule has 0 fully saturated rings. The Morgan fingerprint density at radius 3 is 2.62 bits per heavy atom. The van der Waals surface area contributed by atoms with Gasteiger partial charge in [0.1, 0.15) is 0 Å². The maximum absolute atomic E-state index is 13.7. The van der Waals surface area contributed by atoms with Crippen LogP contribution < -0.4 is 0 Å². The molecule has 1 aliphatic rings. The van der Waals surface area contributed by atoms with E-state index in [1.165, 1.54) is 11.1 Å². The van der Waals surface area contributed by atoms with Gasteiger partial charge in [-0.25, -0.2) is 4.39 Å². The molecule has 0 heterocycles. The van der Waals surface area contributed by atoms with E-state index in [0.717, 1.165) is 31.3 Å². The summed E-state index contributed by atoms with van der Waals surface area (Å²) in [6.45, 7) is 10.1. The predicted octanol–water partition coefficient (Wildman–Crippen LogP) is 5.33. The smallest absolute Gasteiger partial charge is 0.0991 e. The van der Waals surface area contributed by atoms with Gasteiger partial charge in [-0.15, -0.1) is 0 Å².